The van der Waals surface area contributed by atoms with Crippen molar-refractivity contribution in [3.05, 3.63) is 11.4 Å². The van der Waals surface area contributed by atoms with Crippen LogP contribution in [0.2, 0.25) is 0 Å². The summed E-state index contributed by atoms with van der Waals surface area (Å²) < 4.78 is 0. The molecule has 2 nitrogen and oxygen atoms in total. The second-order valence-electron chi connectivity index (χ2n) is 5.52. The standard InChI is InChI=1S/C13H20N2S/c1-9-6-14-13-11(8-16)10-4-2-3-5-12(10)15(13)7-9/h8-10,12,14H,2-7H2,1H3. The Hall–Kier alpha value is -0.570. The fourth-order valence-electron chi connectivity index (χ4n) is 3.60. The molecule has 1 N–H and O–H groups in total. The summed E-state index contributed by atoms with van der Waals surface area (Å²) in [6.45, 7) is 4.66. The van der Waals surface area contributed by atoms with Crippen LogP contribution in [0.15, 0.2) is 11.4 Å². The molecule has 1 saturated heterocycles. The molecule has 16 heavy (non-hydrogen) atoms. The van der Waals surface area contributed by atoms with E-state index in [9.17, 15) is 0 Å². The minimum atomic E-state index is 0.721. The number of nitrogens with zero attached hydrogens (tertiary/aromatic N) is 1. The Labute approximate surface area is 103 Å². The fraction of sp³-hybridized carbons (Fsp3) is 0.769. The highest BCUT2D eigenvalue weighted by molar-refractivity contribution is 7.79. The molecule has 2 fully saturated rings. The van der Waals surface area contributed by atoms with Crippen molar-refractivity contribution in [1.29, 1.82) is 0 Å². The molecule has 0 aromatic carbocycles. The highest BCUT2D eigenvalue weighted by atomic mass is 32.1. The van der Waals surface area contributed by atoms with Crippen LogP contribution in [-0.4, -0.2) is 29.4 Å². The van der Waals surface area contributed by atoms with Crippen LogP contribution in [-0.2, 0) is 0 Å². The van der Waals surface area contributed by atoms with E-state index in [1.54, 1.807) is 0 Å². The van der Waals surface area contributed by atoms with Crippen molar-refractivity contribution >= 4 is 17.6 Å². The Balaban J connectivity index is 1.94. The smallest absolute Gasteiger partial charge is 0.106 e. The van der Waals surface area contributed by atoms with E-state index in [4.69, 9.17) is 12.2 Å². The zero-order chi connectivity index (χ0) is 11.1. The summed E-state index contributed by atoms with van der Waals surface area (Å²) >= 11 is 5.23. The quantitative estimate of drug-likeness (QED) is 0.703. The lowest BCUT2D eigenvalue weighted by Crippen LogP contribution is -2.47. The lowest BCUT2D eigenvalue weighted by molar-refractivity contribution is 0.143. The number of fused-ring (bicyclic) bond motifs is 3. The molecular formula is C13H20N2S. The number of hydrogen-bond donors (Lipinski definition) is 1. The molecule has 3 unspecified atom stereocenters. The first-order valence-corrected chi connectivity index (χ1v) is 6.98. The molecule has 3 aliphatic rings. The molecule has 2 heterocycles. The molecule has 0 spiro atoms. The van der Waals surface area contributed by atoms with Crippen LogP contribution < -0.4 is 5.32 Å². The van der Waals surface area contributed by atoms with Gasteiger partial charge in [-0.1, -0.05) is 32.0 Å². The van der Waals surface area contributed by atoms with E-state index in [1.165, 1.54) is 43.6 Å². The monoisotopic (exact) mass is 236 g/mol. The fourth-order valence-corrected chi connectivity index (χ4v) is 3.89. The third-order valence-electron chi connectivity index (χ3n) is 4.34. The molecule has 0 radical (unpaired) electrons. The van der Waals surface area contributed by atoms with E-state index >= 15 is 0 Å². The SMILES string of the molecule is CC1CNC2=C(C=S)C3CCCCC3N2C1. The van der Waals surface area contributed by atoms with Gasteiger partial charge in [-0.25, -0.2) is 0 Å². The summed E-state index contributed by atoms with van der Waals surface area (Å²) in [6.07, 6.45) is 5.47. The topological polar surface area (TPSA) is 15.3 Å². The Morgan fingerprint density at radius 2 is 2.19 bits per heavy atom. The zero-order valence-corrected chi connectivity index (χ0v) is 10.7. The van der Waals surface area contributed by atoms with Crippen molar-refractivity contribution in [1.82, 2.24) is 10.2 Å². The molecule has 0 bridgehead atoms. The van der Waals surface area contributed by atoms with Gasteiger partial charge in [-0.15, -0.1) is 0 Å². The molecule has 0 amide bonds. The van der Waals surface area contributed by atoms with E-state index in [-0.39, 0.29) is 0 Å². The summed E-state index contributed by atoms with van der Waals surface area (Å²) in [5, 5.41) is 5.53. The van der Waals surface area contributed by atoms with Gasteiger partial charge in [0.05, 0.1) is 0 Å². The minimum Gasteiger partial charge on any atom is -0.371 e. The van der Waals surface area contributed by atoms with Crippen molar-refractivity contribution < 1.29 is 0 Å². The van der Waals surface area contributed by atoms with E-state index < -0.39 is 0 Å². The lowest BCUT2D eigenvalue weighted by atomic mass is 9.82. The van der Waals surface area contributed by atoms with E-state index in [1.807, 2.05) is 5.37 Å². The molecule has 3 heteroatoms. The minimum absolute atomic E-state index is 0.721. The normalized spacial score (nSPS) is 37.8. The molecule has 0 aromatic rings. The molecular weight excluding hydrogens is 216 g/mol. The largest absolute Gasteiger partial charge is 0.371 e. The van der Waals surface area contributed by atoms with E-state index in [2.05, 4.69) is 17.1 Å². The number of nitrogens with one attached hydrogen (secondary N) is 1. The third kappa shape index (κ3) is 1.48. The molecule has 1 aliphatic carbocycles. The predicted octanol–water partition coefficient (Wildman–Crippen LogP) is 2.31. The number of rotatable bonds is 1. The highest BCUT2D eigenvalue weighted by Crippen LogP contribution is 2.42. The summed E-state index contributed by atoms with van der Waals surface area (Å²) in [7, 11) is 0. The van der Waals surface area contributed by atoms with Gasteiger partial charge in [-0.2, -0.15) is 0 Å². The van der Waals surface area contributed by atoms with Gasteiger partial charge >= 0.3 is 0 Å². The van der Waals surface area contributed by atoms with Gasteiger partial charge in [0.25, 0.3) is 0 Å². The Morgan fingerprint density at radius 3 is 3.00 bits per heavy atom. The molecule has 88 valence electrons. The molecule has 1 saturated carbocycles. The van der Waals surface area contributed by atoms with Gasteiger partial charge < -0.3 is 10.2 Å². The first-order valence-electron chi connectivity index (χ1n) is 6.51. The number of hydrogen-bond acceptors (Lipinski definition) is 3. The van der Waals surface area contributed by atoms with Crippen molar-refractivity contribution in [3.8, 4) is 0 Å². The zero-order valence-electron chi connectivity index (χ0n) is 9.91. The lowest BCUT2D eigenvalue weighted by Gasteiger charge is -2.39. The average molecular weight is 236 g/mol. The van der Waals surface area contributed by atoms with Gasteiger partial charge in [0.2, 0.25) is 0 Å². The van der Waals surface area contributed by atoms with Crippen LogP contribution in [0.25, 0.3) is 0 Å². The van der Waals surface area contributed by atoms with Gasteiger partial charge in [0, 0.05) is 36.0 Å². The third-order valence-corrected chi connectivity index (χ3v) is 4.60. The Morgan fingerprint density at radius 1 is 1.38 bits per heavy atom. The molecule has 3 atom stereocenters. The van der Waals surface area contributed by atoms with Crippen LogP contribution >= 0.6 is 12.2 Å². The summed E-state index contributed by atoms with van der Waals surface area (Å²) in [6, 6.07) is 0.744. The average Bonchev–Trinajstić information content (AvgIpc) is 2.62. The first-order chi connectivity index (χ1) is 7.81. The molecule has 2 aliphatic heterocycles. The van der Waals surface area contributed by atoms with Gasteiger partial charge in [-0.05, 0) is 18.8 Å². The maximum Gasteiger partial charge on any atom is 0.106 e. The van der Waals surface area contributed by atoms with Crippen molar-refractivity contribution in [2.24, 2.45) is 11.8 Å². The second kappa shape index (κ2) is 4.02. The van der Waals surface area contributed by atoms with Crippen LogP contribution in [0.5, 0.6) is 0 Å². The summed E-state index contributed by atoms with van der Waals surface area (Å²) in [5.41, 5.74) is 1.42. The van der Waals surface area contributed by atoms with E-state index in [0.717, 1.165) is 24.4 Å². The van der Waals surface area contributed by atoms with Gasteiger partial charge in [0.15, 0.2) is 0 Å². The Bertz CT molecular complexity index is 337. The molecule has 0 aromatic heterocycles. The predicted molar refractivity (Wildman–Crippen MR) is 70.3 cm³/mol. The maximum atomic E-state index is 5.23. The number of thiocarbonyl (C=S) groups is 1. The van der Waals surface area contributed by atoms with E-state index in [0.29, 0.717) is 0 Å². The van der Waals surface area contributed by atoms with Crippen molar-refractivity contribution in [2.75, 3.05) is 13.1 Å². The van der Waals surface area contributed by atoms with Gasteiger partial charge in [0.1, 0.15) is 5.82 Å². The highest BCUT2D eigenvalue weighted by Gasteiger charge is 2.42. The Kier molecular flexibility index (Phi) is 2.66. The maximum absolute atomic E-state index is 5.23. The first kappa shape index (κ1) is 10.6. The van der Waals surface area contributed by atoms with Crippen molar-refractivity contribution in [3.63, 3.8) is 0 Å². The van der Waals surface area contributed by atoms with Crippen LogP contribution in [0.4, 0.5) is 0 Å². The summed E-state index contributed by atoms with van der Waals surface area (Å²) in [4.78, 5) is 2.61. The summed E-state index contributed by atoms with van der Waals surface area (Å²) in [5.74, 6) is 2.85. The molecule has 3 rings (SSSR count). The van der Waals surface area contributed by atoms with Crippen LogP contribution in [0.1, 0.15) is 32.6 Å². The van der Waals surface area contributed by atoms with Crippen LogP contribution in [0, 0.1) is 11.8 Å². The van der Waals surface area contributed by atoms with Crippen LogP contribution in [0.3, 0.4) is 0 Å². The van der Waals surface area contributed by atoms with Crippen molar-refractivity contribution in [2.45, 2.75) is 38.6 Å². The second-order valence-corrected chi connectivity index (χ2v) is 5.75. The van der Waals surface area contributed by atoms with Gasteiger partial charge in [-0.3, -0.25) is 0 Å².